The molecule has 0 unspecified atom stereocenters. The average molecular weight is 351 g/mol. The number of halogens is 2. The molecule has 0 saturated heterocycles. The monoisotopic (exact) mass is 350 g/mol. The standard InChI is InChI=1S/C16H12Cl2N2O3/c1-21-11-4-2-10(3-5-11)16-20-19-15(23-16)9-22-12-6-7-13(17)14(18)8-12/h2-8H,9H2,1H3. The maximum absolute atomic E-state index is 5.93. The van der Waals surface area contributed by atoms with Gasteiger partial charge in [-0.25, -0.2) is 0 Å². The van der Waals surface area contributed by atoms with Crippen LogP contribution in [0.1, 0.15) is 5.89 Å². The third-order valence-corrected chi connectivity index (χ3v) is 3.80. The third-order valence-electron chi connectivity index (χ3n) is 3.06. The summed E-state index contributed by atoms with van der Waals surface area (Å²) in [5.41, 5.74) is 0.805. The maximum atomic E-state index is 5.93. The molecular weight excluding hydrogens is 339 g/mol. The molecule has 23 heavy (non-hydrogen) atoms. The van der Waals surface area contributed by atoms with E-state index in [4.69, 9.17) is 37.1 Å². The highest BCUT2D eigenvalue weighted by Crippen LogP contribution is 2.27. The number of hydrogen-bond donors (Lipinski definition) is 0. The third kappa shape index (κ3) is 3.75. The molecule has 3 rings (SSSR count). The van der Waals surface area contributed by atoms with Crippen molar-refractivity contribution in [2.45, 2.75) is 6.61 Å². The second kappa shape index (κ2) is 6.89. The Kier molecular flexibility index (Phi) is 4.69. The van der Waals surface area contributed by atoms with Gasteiger partial charge in [-0.15, -0.1) is 10.2 Å². The number of ether oxygens (including phenoxy) is 2. The Morgan fingerprint density at radius 1 is 0.957 bits per heavy atom. The first-order valence-corrected chi connectivity index (χ1v) is 7.46. The van der Waals surface area contributed by atoms with Crippen molar-refractivity contribution < 1.29 is 13.9 Å². The molecule has 118 valence electrons. The van der Waals surface area contributed by atoms with Crippen LogP contribution in [-0.2, 0) is 6.61 Å². The molecule has 0 saturated carbocycles. The summed E-state index contributed by atoms with van der Waals surface area (Å²) in [4.78, 5) is 0. The van der Waals surface area contributed by atoms with Crippen LogP contribution in [-0.4, -0.2) is 17.3 Å². The molecule has 0 radical (unpaired) electrons. The molecule has 0 fully saturated rings. The molecule has 3 aromatic rings. The van der Waals surface area contributed by atoms with E-state index in [-0.39, 0.29) is 6.61 Å². The van der Waals surface area contributed by atoms with Crippen LogP contribution in [0.5, 0.6) is 11.5 Å². The Bertz CT molecular complexity index is 803. The van der Waals surface area contributed by atoms with Crippen molar-refractivity contribution >= 4 is 23.2 Å². The Balaban J connectivity index is 1.67. The van der Waals surface area contributed by atoms with Gasteiger partial charge >= 0.3 is 0 Å². The number of methoxy groups -OCH3 is 1. The van der Waals surface area contributed by atoms with Gasteiger partial charge in [0.05, 0.1) is 17.2 Å². The summed E-state index contributed by atoms with van der Waals surface area (Å²) in [6.07, 6.45) is 0. The van der Waals surface area contributed by atoms with Gasteiger partial charge < -0.3 is 13.9 Å². The molecule has 0 aliphatic heterocycles. The predicted octanol–water partition coefficient (Wildman–Crippen LogP) is 4.63. The molecule has 0 spiro atoms. The summed E-state index contributed by atoms with van der Waals surface area (Å²) >= 11 is 11.8. The van der Waals surface area contributed by atoms with Crippen molar-refractivity contribution in [3.63, 3.8) is 0 Å². The molecule has 1 aromatic heterocycles. The highest BCUT2D eigenvalue weighted by Gasteiger charge is 2.10. The fraction of sp³-hybridized carbons (Fsp3) is 0.125. The van der Waals surface area contributed by atoms with E-state index in [0.29, 0.717) is 27.6 Å². The lowest BCUT2D eigenvalue weighted by Gasteiger charge is -2.04. The topological polar surface area (TPSA) is 57.4 Å². The maximum Gasteiger partial charge on any atom is 0.254 e. The molecular formula is C16H12Cl2N2O3. The van der Waals surface area contributed by atoms with Crippen molar-refractivity contribution in [2.75, 3.05) is 7.11 Å². The van der Waals surface area contributed by atoms with E-state index in [0.717, 1.165) is 11.3 Å². The first-order valence-electron chi connectivity index (χ1n) is 6.70. The van der Waals surface area contributed by atoms with Gasteiger partial charge in [0.25, 0.3) is 5.89 Å². The van der Waals surface area contributed by atoms with Crippen LogP contribution in [0.25, 0.3) is 11.5 Å². The lowest BCUT2D eigenvalue weighted by Crippen LogP contribution is -1.95. The van der Waals surface area contributed by atoms with Gasteiger partial charge in [0.15, 0.2) is 6.61 Å². The van der Waals surface area contributed by atoms with Crippen molar-refractivity contribution in [2.24, 2.45) is 0 Å². The van der Waals surface area contributed by atoms with E-state index >= 15 is 0 Å². The second-order valence-electron chi connectivity index (χ2n) is 4.59. The van der Waals surface area contributed by atoms with E-state index in [1.165, 1.54) is 0 Å². The summed E-state index contributed by atoms with van der Waals surface area (Å²) in [7, 11) is 1.61. The minimum Gasteiger partial charge on any atom is -0.497 e. The first kappa shape index (κ1) is 15.6. The molecule has 0 atom stereocenters. The SMILES string of the molecule is COc1ccc(-c2nnc(COc3ccc(Cl)c(Cl)c3)o2)cc1. The molecule has 1 heterocycles. The molecule has 0 aliphatic rings. The summed E-state index contributed by atoms with van der Waals surface area (Å²) in [6, 6.07) is 12.3. The molecule has 0 N–H and O–H groups in total. The van der Waals surface area contributed by atoms with Gasteiger partial charge in [0.1, 0.15) is 11.5 Å². The second-order valence-corrected chi connectivity index (χ2v) is 5.41. The number of aromatic nitrogens is 2. The number of rotatable bonds is 5. The minimum atomic E-state index is 0.140. The Morgan fingerprint density at radius 3 is 2.39 bits per heavy atom. The number of nitrogens with zero attached hydrogens (tertiary/aromatic N) is 2. The number of benzene rings is 2. The smallest absolute Gasteiger partial charge is 0.254 e. The van der Waals surface area contributed by atoms with Crippen molar-refractivity contribution in [3.05, 3.63) is 58.4 Å². The van der Waals surface area contributed by atoms with Crippen molar-refractivity contribution in [3.8, 4) is 23.0 Å². The Morgan fingerprint density at radius 2 is 1.70 bits per heavy atom. The lowest BCUT2D eigenvalue weighted by atomic mass is 10.2. The minimum absolute atomic E-state index is 0.140. The quantitative estimate of drug-likeness (QED) is 0.671. The van der Waals surface area contributed by atoms with E-state index in [1.54, 1.807) is 25.3 Å². The van der Waals surface area contributed by atoms with Crippen LogP contribution in [0.4, 0.5) is 0 Å². The van der Waals surface area contributed by atoms with E-state index in [2.05, 4.69) is 10.2 Å². The summed E-state index contributed by atoms with van der Waals surface area (Å²) in [5.74, 6) is 2.11. The molecule has 0 bridgehead atoms. The normalized spacial score (nSPS) is 10.6. The van der Waals surface area contributed by atoms with Crippen LogP contribution in [0.2, 0.25) is 10.0 Å². The summed E-state index contributed by atoms with van der Waals surface area (Å²) in [5, 5.41) is 8.86. The lowest BCUT2D eigenvalue weighted by molar-refractivity contribution is 0.264. The Labute approximate surface area is 142 Å². The van der Waals surface area contributed by atoms with Crippen LogP contribution < -0.4 is 9.47 Å². The fourth-order valence-corrected chi connectivity index (χ4v) is 2.16. The molecule has 0 amide bonds. The molecule has 7 heteroatoms. The van der Waals surface area contributed by atoms with Crippen LogP contribution in [0.3, 0.4) is 0 Å². The highest BCUT2D eigenvalue weighted by atomic mass is 35.5. The van der Waals surface area contributed by atoms with Crippen molar-refractivity contribution in [1.29, 1.82) is 0 Å². The van der Waals surface area contributed by atoms with Crippen LogP contribution >= 0.6 is 23.2 Å². The summed E-state index contributed by atoms with van der Waals surface area (Å²) < 4.78 is 16.2. The Hall–Kier alpha value is -2.24. The van der Waals surface area contributed by atoms with Gasteiger partial charge in [0, 0.05) is 11.6 Å². The molecule has 5 nitrogen and oxygen atoms in total. The highest BCUT2D eigenvalue weighted by molar-refractivity contribution is 6.42. The first-order chi connectivity index (χ1) is 11.2. The van der Waals surface area contributed by atoms with Crippen molar-refractivity contribution in [1.82, 2.24) is 10.2 Å². The van der Waals surface area contributed by atoms with E-state index in [9.17, 15) is 0 Å². The van der Waals surface area contributed by atoms with Crippen LogP contribution in [0.15, 0.2) is 46.9 Å². The van der Waals surface area contributed by atoms with E-state index in [1.807, 2.05) is 24.3 Å². The van der Waals surface area contributed by atoms with Gasteiger partial charge in [-0.3, -0.25) is 0 Å². The zero-order valence-corrected chi connectivity index (χ0v) is 13.6. The molecule has 0 aliphatic carbocycles. The average Bonchev–Trinajstić information content (AvgIpc) is 3.05. The predicted molar refractivity (Wildman–Crippen MR) is 87.1 cm³/mol. The van der Waals surface area contributed by atoms with Gasteiger partial charge in [0.2, 0.25) is 5.89 Å². The van der Waals surface area contributed by atoms with Gasteiger partial charge in [-0.2, -0.15) is 0 Å². The van der Waals surface area contributed by atoms with Gasteiger partial charge in [-0.1, -0.05) is 23.2 Å². The number of hydrogen-bond acceptors (Lipinski definition) is 5. The fourth-order valence-electron chi connectivity index (χ4n) is 1.87. The van der Waals surface area contributed by atoms with Gasteiger partial charge in [-0.05, 0) is 36.4 Å². The van der Waals surface area contributed by atoms with E-state index < -0.39 is 0 Å². The largest absolute Gasteiger partial charge is 0.497 e. The zero-order valence-electron chi connectivity index (χ0n) is 12.1. The van der Waals surface area contributed by atoms with Crippen LogP contribution in [0, 0.1) is 0 Å². The zero-order chi connectivity index (χ0) is 16.2. The molecule has 2 aromatic carbocycles. The summed E-state index contributed by atoms with van der Waals surface area (Å²) in [6.45, 7) is 0.140.